The zero-order chi connectivity index (χ0) is 24.7. The molecule has 3 rings (SSSR count). The van der Waals surface area contributed by atoms with E-state index in [9.17, 15) is 13.2 Å². The number of aryl methyl sites for hydroxylation is 1. The van der Waals surface area contributed by atoms with E-state index in [2.05, 4.69) is 10.5 Å². The third-order valence-electron chi connectivity index (χ3n) is 4.89. The Morgan fingerprint density at radius 1 is 1.24 bits per heavy atom. The van der Waals surface area contributed by atoms with Crippen molar-refractivity contribution in [1.29, 1.82) is 0 Å². The van der Waals surface area contributed by atoms with Crippen molar-refractivity contribution in [2.75, 3.05) is 16.8 Å². The first-order valence-electron chi connectivity index (χ1n) is 10.4. The Hall–Kier alpha value is -2.53. The molecule has 0 spiro atoms. The Balaban J connectivity index is 1.60. The molecule has 0 saturated heterocycles. The van der Waals surface area contributed by atoms with E-state index in [-0.39, 0.29) is 5.75 Å². The molecule has 2 aromatic carbocycles. The molecule has 34 heavy (non-hydrogen) atoms. The molecule has 11 heteroatoms. The van der Waals surface area contributed by atoms with E-state index >= 15 is 0 Å². The highest BCUT2D eigenvalue weighted by molar-refractivity contribution is 7.98. The maximum Gasteiger partial charge on any atom is 0.412 e. The molecular formula is C23H25ClN2O6S2. The summed E-state index contributed by atoms with van der Waals surface area (Å²) in [6.45, 7) is 3.46. The van der Waals surface area contributed by atoms with Crippen molar-refractivity contribution < 1.29 is 27.0 Å². The molecule has 182 valence electrons. The number of halogens is 1. The summed E-state index contributed by atoms with van der Waals surface area (Å²) < 4.78 is 41.2. The van der Waals surface area contributed by atoms with Gasteiger partial charge in [0.25, 0.3) is 10.1 Å². The van der Waals surface area contributed by atoms with E-state index in [0.29, 0.717) is 45.7 Å². The fourth-order valence-electron chi connectivity index (χ4n) is 3.16. The van der Waals surface area contributed by atoms with Gasteiger partial charge in [-0.2, -0.15) is 20.2 Å². The Kier molecular flexibility index (Phi) is 9.01. The topological polar surface area (TPSA) is 119 Å². The van der Waals surface area contributed by atoms with Crippen molar-refractivity contribution in [3.63, 3.8) is 0 Å². The lowest BCUT2D eigenvalue weighted by molar-refractivity contribution is 0.121. The molecule has 0 saturated carbocycles. The van der Waals surface area contributed by atoms with E-state index in [1.807, 2.05) is 30.3 Å². The predicted octanol–water partition coefficient (Wildman–Crippen LogP) is 6.12. The molecular weight excluding hydrogens is 500 g/mol. The summed E-state index contributed by atoms with van der Waals surface area (Å²) >= 11 is 7.76. The second-order valence-corrected chi connectivity index (χ2v) is 10.6. The van der Waals surface area contributed by atoms with Gasteiger partial charge in [0.05, 0.1) is 5.75 Å². The van der Waals surface area contributed by atoms with Crippen LogP contribution in [0.15, 0.2) is 53.1 Å². The maximum absolute atomic E-state index is 12.5. The second-order valence-electron chi connectivity index (χ2n) is 7.56. The molecule has 0 radical (unpaired) electrons. The van der Waals surface area contributed by atoms with Crippen LogP contribution in [-0.4, -0.2) is 35.7 Å². The number of thioether (sulfide) groups is 1. The van der Waals surface area contributed by atoms with Crippen LogP contribution in [0, 0.1) is 6.92 Å². The van der Waals surface area contributed by atoms with E-state index in [4.69, 9.17) is 25.4 Å². The number of carbonyl (C=O) groups is 1. The molecule has 2 N–H and O–H groups in total. The van der Waals surface area contributed by atoms with E-state index in [1.165, 1.54) is 0 Å². The first kappa shape index (κ1) is 26.1. The fourth-order valence-corrected chi connectivity index (χ4v) is 5.06. The lowest BCUT2D eigenvalue weighted by Crippen LogP contribution is -2.17. The average molecular weight is 525 g/mol. The van der Waals surface area contributed by atoms with Gasteiger partial charge in [0.1, 0.15) is 17.5 Å². The minimum absolute atomic E-state index is 0.237. The van der Waals surface area contributed by atoms with Crippen LogP contribution in [-0.2, 0) is 20.6 Å². The smallest absolute Gasteiger partial charge is 0.412 e. The van der Waals surface area contributed by atoms with Gasteiger partial charge in [-0.15, -0.1) is 0 Å². The third kappa shape index (κ3) is 7.49. The highest BCUT2D eigenvalue weighted by Gasteiger charge is 2.20. The molecule has 1 heterocycles. The molecule has 0 fully saturated rings. The van der Waals surface area contributed by atoms with Gasteiger partial charge in [0.15, 0.2) is 5.76 Å². The second kappa shape index (κ2) is 11.7. The van der Waals surface area contributed by atoms with Crippen LogP contribution >= 0.6 is 23.4 Å². The molecule has 8 nitrogen and oxygen atoms in total. The van der Waals surface area contributed by atoms with Crippen LogP contribution < -0.4 is 5.32 Å². The molecule has 0 aliphatic carbocycles. The molecule has 3 aromatic rings. The summed E-state index contributed by atoms with van der Waals surface area (Å²) in [6, 6.07) is 14.7. The molecule has 0 aliphatic heterocycles. The standard InChI is InChI=1S/C23H25ClN2O6S2/c1-15-21(25-23(27)31-16(2)19-6-3-4-7-20(19)24)22(32-26-15)18-10-8-17(9-11-18)14-33-12-5-13-34(28,29)30/h3-4,6-11,16H,5,12-14H2,1-2H3,(H,25,27)(H,28,29,30). The van der Waals surface area contributed by atoms with Crippen molar-refractivity contribution in [2.45, 2.75) is 32.1 Å². The van der Waals surface area contributed by atoms with Gasteiger partial charge in [0.2, 0.25) is 0 Å². The van der Waals surface area contributed by atoms with Gasteiger partial charge in [-0.3, -0.25) is 9.87 Å². The Labute approximate surface area is 207 Å². The average Bonchev–Trinajstić information content (AvgIpc) is 3.13. The Morgan fingerprint density at radius 2 is 1.94 bits per heavy atom. The minimum atomic E-state index is -3.91. The number of amides is 1. The van der Waals surface area contributed by atoms with Gasteiger partial charge < -0.3 is 9.26 Å². The summed E-state index contributed by atoms with van der Waals surface area (Å²) in [6.07, 6.45) is -0.816. The summed E-state index contributed by atoms with van der Waals surface area (Å²) in [5, 5.41) is 7.20. The highest BCUT2D eigenvalue weighted by Crippen LogP contribution is 2.32. The van der Waals surface area contributed by atoms with Crippen LogP contribution in [0.5, 0.6) is 0 Å². The van der Waals surface area contributed by atoms with Crippen molar-refractivity contribution in [1.82, 2.24) is 5.16 Å². The van der Waals surface area contributed by atoms with Gasteiger partial charge in [0, 0.05) is 21.9 Å². The van der Waals surface area contributed by atoms with E-state index < -0.39 is 22.3 Å². The van der Waals surface area contributed by atoms with Crippen LogP contribution in [0.1, 0.15) is 36.3 Å². The van der Waals surface area contributed by atoms with Crippen molar-refractivity contribution in [3.05, 3.63) is 70.4 Å². The highest BCUT2D eigenvalue weighted by atomic mass is 35.5. The van der Waals surface area contributed by atoms with Crippen LogP contribution in [0.25, 0.3) is 11.3 Å². The molecule has 1 amide bonds. The summed E-state index contributed by atoms with van der Waals surface area (Å²) in [4.78, 5) is 12.5. The van der Waals surface area contributed by atoms with Gasteiger partial charge in [-0.05, 0) is 37.7 Å². The SMILES string of the molecule is Cc1noc(-c2ccc(CSCCCS(=O)(=O)O)cc2)c1NC(=O)OC(C)c1ccccc1Cl. The Bertz CT molecular complexity index is 1230. The number of nitrogens with one attached hydrogen (secondary N) is 1. The zero-order valence-corrected chi connectivity index (χ0v) is 21.0. The molecule has 1 unspecified atom stereocenters. The molecule has 1 aromatic heterocycles. The largest absolute Gasteiger partial charge is 0.441 e. The number of ether oxygens (including phenoxy) is 1. The quantitative estimate of drug-likeness (QED) is 0.240. The maximum atomic E-state index is 12.5. The van der Waals surface area contributed by atoms with Crippen LogP contribution in [0.4, 0.5) is 10.5 Å². The van der Waals surface area contributed by atoms with Gasteiger partial charge in [-0.1, -0.05) is 59.2 Å². The van der Waals surface area contributed by atoms with Crippen molar-refractivity contribution in [2.24, 2.45) is 0 Å². The minimum Gasteiger partial charge on any atom is -0.441 e. The first-order valence-corrected chi connectivity index (χ1v) is 13.6. The first-order chi connectivity index (χ1) is 16.1. The monoisotopic (exact) mass is 524 g/mol. The van der Waals surface area contributed by atoms with Gasteiger partial charge in [-0.25, -0.2) is 4.79 Å². The molecule has 0 bridgehead atoms. The lowest BCUT2D eigenvalue weighted by atomic mass is 10.1. The lowest BCUT2D eigenvalue weighted by Gasteiger charge is -2.15. The summed E-state index contributed by atoms with van der Waals surface area (Å²) in [7, 11) is -3.91. The number of hydrogen-bond acceptors (Lipinski definition) is 7. The normalized spacial score (nSPS) is 12.4. The van der Waals surface area contributed by atoms with E-state index in [0.717, 1.165) is 11.1 Å². The number of hydrogen-bond donors (Lipinski definition) is 2. The fraction of sp³-hybridized carbons (Fsp3) is 0.304. The molecule has 1 atom stereocenters. The Morgan fingerprint density at radius 3 is 2.62 bits per heavy atom. The predicted molar refractivity (Wildman–Crippen MR) is 134 cm³/mol. The number of benzene rings is 2. The van der Waals surface area contributed by atoms with Crippen LogP contribution in [0.3, 0.4) is 0 Å². The number of carbonyl (C=O) groups excluding carboxylic acids is 1. The summed E-state index contributed by atoms with van der Waals surface area (Å²) in [5.41, 5.74) is 3.40. The third-order valence-corrected chi connectivity index (χ3v) is 7.16. The van der Waals surface area contributed by atoms with Crippen LogP contribution in [0.2, 0.25) is 5.02 Å². The summed E-state index contributed by atoms with van der Waals surface area (Å²) in [5.74, 6) is 1.48. The number of aromatic nitrogens is 1. The molecule has 0 aliphatic rings. The van der Waals surface area contributed by atoms with Gasteiger partial charge >= 0.3 is 6.09 Å². The number of anilines is 1. The zero-order valence-electron chi connectivity index (χ0n) is 18.7. The van der Waals surface area contributed by atoms with E-state index in [1.54, 1.807) is 43.8 Å². The number of nitrogens with zero attached hydrogens (tertiary/aromatic N) is 1. The van der Waals surface area contributed by atoms with Crippen molar-refractivity contribution >= 4 is 45.3 Å². The van der Waals surface area contributed by atoms with Crippen molar-refractivity contribution in [3.8, 4) is 11.3 Å². The number of rotatable bonds is 10.